The van der Waals surface area contributed by atoms with Crippen molar-refractivity contribution < 1.29 is 0 Å². The summed E-state index contributed by atoms with van der Waals surface area (Å²) in [5.74, 6) is 0.601. The van der Waals surface area contributed by atoms with E-state index in [1.165, 1.54) is 23.1 Å². The smallest absolute Gasteiger partial charge is 0.142 e. The van der Waals surface area contributed by atoms with Gasteiger partial charge in [-0.3, -0.25) is 0 Å². The molecule has 4 nitrogen and oxygen atoms in total. The number of hydrogen-bond acceptors (Lipinski definition) is 3. The monoisotopic (exact) mass is 244 g/mol. The van der Waals surface area contributed by atoms with Gasteiger partial charge in [-0.1, -0.05) is 0 Å². The third-order valence-electron chi connectivity index (χ3n) is 4.18. The van der Waals surface area contributed by atoms with E-state index < -0.39 is 0 Å². The molecule has 1 atom stereocenters. The molecule has 0 amide bonds. The van der Waals surface area contributed by atoms with Gasteiger partial charge in [0.25, 0.3) is 0 Å². The van der Waals surface area contributed by atoms with Crippen LogP contribution in [-0.4, -0.2) is 34.6 Å². The molecule has 0 unspecified atom stereocenters. The number of likely N-dealkylation sites (N-methyl/N-ethyl adjacent to an activating group) is 1. The molecule has 2 aromatic heterocycles. The summed E-state index contributed by atoms with van der Waals surface area (Å²) in [6.45, 7) is 0. The molecular formula is C14H20N4. The summed E-state index contributed by atoms with van der Waals surface area (Å²) in [6, 6.07) is 4.66. The van der Waals surface area contributed by atoms with Crippen LogP contribution in [0.3, 0.4) is 0 Å². The molecule has 1 aliphatic carbocycles. The largest absolute Gasteiger partial charge is 0.384 e. The molecule has 0 saturated heterocycles. The first-order valence-electron chi connectivity index (χ1n) is 6.47. The van der Waals surface area contributed by atoms with Gasteiger partial charge < -0.3 is 15.2 Å². The van der Waals surface area contributed by atoms with Crippen LogP contribution >= 0.6 is 0 Å². The van der Waals surface area contributed by atoms with Gasteiger partial charge in [0, 0.05) is 24.2 Å². The van der Waals surface area contributed by atoms with E-state index in [1.54, 1.807) is 0 Å². The lowest BCUT2D eigenvalue weighted by atomic mass is 9.91. The highest BCUT2D eigenvalue weighted by Crippen LogP contribution is 2.32. The Kier molecular flexibility index (Phi) is 2.55. The molecule has 0 radical (unpaired) electrons. The molecule has 0 aromatic carbocycles. The van der Waals surface area contributed by atoms with Crippen LogP contribution in [0.1, 0.15) is 17.7 Å². The van der Waals surface area contributed by atoms with Gasteiger partial charge in [-0.15, -0.1) is 0 Å². The SMILES string of the molecule is CN(C)[C@@H]1CCc2c(c3ccc(N)nc3n2C)C1. The molecule has 2 N–H and O–H groups in total. The molecule has 0 aliphatic heterocycles. The van der Waals surface area contributed by atoms with Gasteiger partial charge in [-0.25, -0.2) is 4.98 Å². The Morgan fingerprint density at radius 1 is 1.39 bits per heavy atom. The van der Waals surface area contributed by atoms with Crippen LogP contribution in [0, 0.1) is 0 Å². The van der Waals surface area contributed by atoms with E-state index in [1.807, 2.05) is 6.07 Å². The average molecular weight is 244 g/mol. The van der Waals surface area contributed by atoms with Crippen molar-refractivity contribution in [3.8, 4) is 0 Å². The van der Waals surface area contributed by atoms with Crippen molar-refractivity contribution in [3.05, 3.63) is 23.4 Å². The van der Waals surface area contributed by atoms with E-state index in [0.717, 1.165) is 18.5 Å². The van der Waals surface area contributed by atoms with Crippen molar-refractivity contribution in [3.63, 3.8) is 0 Å². The minimum absolute atomic E-state index is 0.601. The number of hydrogen-bond donors (Lipinski definition) is 1. The highest BCUT2D eigenvalue weighted by molar-refractivity contribution is 5.84. The highest BCUT2D eigenvalue weighted by Gasteiger charge is 2.25. The molecular weight excluding hydrogens is 224 g/mol. The standard InChI is InChI=1S/C14H20N4/c1-17(2)9-4-6-12-11(8-9)10-5-7-13(15)16-14(10)18(12)3/h5,7,9H,4,6,8H2,1-3H3,(H2,15,16)/t9-/m1/s1. The molecule has 0 fully saturated rings. The van der Waals surface area contributed by atoms with Crippen LogP contribution in [0.4, 0.5) is 5.82 Å². The summed E-state index contributed by atoms with van der Waals surface area (Å²) in [6.07, 6.45) is 3.47. The third-order valence-corrected chi connectivity index (χ3v) is 4.18. The molecule has 1 aliphatic rings. The van der Waals surface area contributed by atoms with Crippen molar-refractivity contribution in [1.29, 1.82) is 0 Å². The van der Waals surface area contributed by atoms with Gasteiger partial charge in [-0.05, 0) is 51.1 Å². The number of nitrogens with zero attached hydrogens (tertiary/aromatic N) is 3. The Morgan fingerprint density at radius 2 is 2.17 bits per heavy atom. The highest BCUT2D eigenvalue weighted by atomic mass is 15.1. The lowest BCUT2D eigenvalue weighted by molar-refractivity contribution is 0.267. The fourth-order valence-electron chi connectivity index (χ4n) is 3.07. The molecule has 4 heteroatoms. The number of aromatic nitrogens is 2. The van der Waals surface area contributed by atoms with E-state index in [9.17, 15) is 0 Å². The van der Waals surface area contributed by atoms with Gasteiger partial charge in [0.1, 0.15) is 11.5 Å². The van der Waals surface area contributed by atoms with Gasteiger partial charge in [0.2, 0.25) is 0 Å². The summed E-state index contributed by atoms with van der Waals surface area (Å²) >= 11 is 0. The molecule has 0 spiro atoms. The molecule has 96 valence electrons. The van der Waals surface area contributed by atoms with E-state index in [4.69, 9.17) is 5.73 Å². The van der Waals surface area contributed by atoms with Crippen LogP contribution in [0.5, 0.6) is 0 Å². The first-order valence-corrected chi connectivity index (χ1v) is 6.47. The van der Waals surface area contributed by atoms with Crippen LogP contribution in [0.15, 0.2) is 12.1 Å². The second-order valence-corrected chi connectivity index (χ2v) is 5.45. The van der Waals surface area contributed by atoms with E-state index in [-0.39, 0.29) is 0 Å². The van der Waals surface area contributed by atoms with E-state index >= 15 is 0 Å². The molecule has 2 aromatic rings. The van der Waals surface area contributed by atoms with Crippen molar-refractivity contribution in [1.82, 2.24) is 14.5 Å². The average Bonchev–Trinajstić information content (AvgIpc) is 2.62. The topological polar surface area (TPSA) is 47.1 Å². The zero-order chi connectivity index (χ0) is 12.9. The Hall–Kier alpha value is -1.55. The lowest BCUT2D eigenvalue weighted by Crippen LogP contribution is -2.33. The summed E-state index contributed by atoms with van der Waals surface area (Å²) < 4.78 is 2.22. The minimum atomic E-state index is 0.601. The number of anilines is 1. The number of nitrogens with two attached hydrogens (primary N) is 1. The van der Waals surface area contributed by atoms with Crippen molar-refractivity contribution in [2.75, 3.05) is 19.8 Å². The third kappa shape index (κ3) is 1.60. The minimum Gasteiger partial charge on any atom is -0.384 e. The van der Waals surface area contributed by atoms with Crippen molar-refractivity contribution >= 4 is 16.9 Å². The second kappa shape index (κ2) is 3.99. The van der Waals surface area contributed by atoms with Gasteiger partial charge >= 0.3 is 0 Å². The van der Waals surface area contributed by atoms with Crippen LogP contribution in [0.25, 0.3) is 11.0 Å². The first kappa shape index (κ1) is 11.5. The maximum absolute atomic E-state index is 5.79. The maximum atomic E-state index is 5.79. The normalized spacial score (nSPS) is 19.4. The molecule has 0 saturated carbocycles. The second-order valence-electron chi connectivity index (χ2n) is 5.45. The van der Waals surface area contributed by atoms with Gasteiger partial charge in [0.15, 0.2) is 0 Å². The van der Waals surface area contributed by atoms with Gasteiger partial charge in [-0.2, -0.15) is 0 Å². The molecule has 2 heterocycles. The van der Waals surface area contributed by atoms with Gasteiger partial charge in [0.05, 0.1) is 0 Å². The quantitative estimate of drug-likeness (QED) is 0.828. The Bertz CT molecular complexity index is 597. The van der Waals surface area contributed by atoms with Crippen LogP contribution in [0.2, 0.25) is 0 Å². The number of aryl methyl sites for hydroxylation is 1. The van der Waals surface area contributed by atoms with E-state index in [2.05, 4.69) is 41.7 Å². The van der Waals surface area contributed by atoms with Crippen molar-refractivity contribution in [2.45, 2.75) is 25.3 Å². The fourth-order valence-corrected chi connectivity index (χ4v) is 3.07. The zero-order valence-corrected chi connectivity index (χ0v) is 11.3. The maximum Gasteiger partial charge on any atom is 0.142 e. The molecule has 0 bridgehead atoms. The Balaban J connectivity index is 2.16. The number of nitrogen functional groups attached to an aromatic ring is 1. The summed E-state index contributed by atoms with van der Waals surface area (Å²) in [4.78, 5) is 6.80. The zero-order valence-electron chi connectivity index (χ0n) is 11.3. The lowest BCUT2D eigenvalue weighted by Gasteiger charge is -2.28. The van der Waals surface area contributed by atoms with Crippen molar-refractivity contribution in [2.24, 2.45) is 7.05 Å². The fraction of sp³-hybridized carbons (Fsp3) is 0.500. The number of rotatable bonds is 1. The van der Waals surface area contributed by atoms with E-state index in [0.29, 0.717) is 11.9 Å². The summed E-state index contributed by atoms with van der Waals surface area (Å²) in [5, 5.41) is 1.27. The number of pyridine rings is 1. The Morgan fingerprint density at radius 3 is 2.89 bits per heavy atom. The van der Waals surface area contributed by atoms with Crippen LogP contribution < -0.4 is 5.73 Å². The van der Waals surface area contributed by atoms with Crippen LogP contribution in [-0.2, 0) is 19.9 Å². The number of fused-ring (bicyclic) bond motifs is 3. The predicted molar refractivity (Wildman–Crippen MR) is 74.6 cm³/mol. The Labute approximate surface area is 107 Å². The summed E-state index contributed by atoms with van der Waals surface area (Å²) in [5.41, 5.74) is 9.72. The first-order chi connectivity index (χ1) is 8.58. The summed E-state index contributed by atoms with van der Waals surface area (Å²) in [7, 11) is 6.43. The predicted octanol–water partition coefficient (Wildman–Crippen LogP) is 1.57. The molecule has 3 rings (SSSR count). The molecule has 18 heavy (non-hydrogen) atoms.